The Labute approximate surface area is 227 Å². The molecule has 0 bridgehead atoms. The van der Waals surface area contributed by atoms with Crippen LogP contribution in [0.4, 0.5) is 0 Å². The first-order chi connectivity index (χ1) is 17.8. The van der Waals surface area contributed by atoms with Crippen molar-refractivity contribution in [2.75, 3.05) is 26.7 Å². The fraction of sp³-hybridized carbons (Fsp3) is 0.441. The van der Waals surface area contributed by atoms with Gasteiger partial charge in [0.1, 0.15) is 0 Å². The highest BCUT2D eigenvalue weighted by atomic mass is 15.1. The molecule has 0 amide bonds. The van der Waals surface area contributed by atoms with Crippen LogP contribution in [0, 0.1) is 36.5 Å². The Morgan fingerprint density at radius 2 is 1.73 bits per heavy atom. The van der Waals surface area contributed by atoms with Gasteiger partial charge in [0.25, 0.3) is 0 Å². The number of rotatable bonds is 7. The van der Waals surface area contributed by atoms with E-state index in [1.54, 1.807) is 12.2 Å². The third-order valence-electron chi connectivity index (χ3n) is 6.06. The molecule has 1 aliphatic rings. The number of nitrogens with one attached hydrogen (secondary N) is 1. The van der Waals surface area contributed by atoms with Crippen molar-refractivity contribution >= 4 is 10.8 Å². The van der Waals surface area contributed by atoms with E-state index in [2.05, 4.69) is 99.3 Å². The zero-order chi connectivity index (χ0) is 28.1. The lowest BCUT2D eigenvalue weighted by molar-refractivity contribution is 0.383. The zero-order valence-electron chi connectivity index (χ0n) is 24.0. The largest absolute Gasteiger partial charge is 0.311 e. The summed E-state index contributed by atoms with van der Waals surface area (Å²) in [5.41, 5.74) is 3.05. The highest BCUT2D eigenvalue weighted by Crippen LogP contribution is 2.19. The number of allylic oxidation sites excluding steroid dienone is 4. The summed E-state index contributed by atoms with van der Waals surface area (Å²) in [4.78, 5) is 2.36. The van der Waals surface area contributed by atoms with Crippen molar-refractivity contribution in [1.29, 1.82) is 5.26 Å². The van der Waals surface area contributed by atoms with Crippen LogP contribution in [-0.2, 0) is 6.42 Å². The summed E-state index contributed by atoms with van der Waals surface area (Å²) in [7, 11) is 2.17. The normalized spacial score (nSPS) is 13.6. The molecule has 2 aromatic carbocycles. The maximum atomic E-state index is 8.50. The summed E-state index contributed by atoms with van der Waals surface area (Å²) >= 11 is 0. The number of hydrogen-bond donors (Lipinski definition) is 1. The Morgan fingerprint density at radius 1 is 1.11 bits per heavy atom. The first-order valence-corrected chi connectivity index (χ1v) is 13.2. The maximum Gasteiger partial charge on any atom is 0.0991 e. The second kappa shape index (κ2) is 19.8. The number of hydrogen-bond acceptors (Lipinski definition) is 3. The van der Waals surface area contributed by atoms with Crippen LogP contribution in [0.3, 0.4) is 0 Å². The highest BCUT2D eigenvalue weighted by molar-refractivity contribution is 5.83. The summed E-state index contributed by atoms with van der Waals surface area (Å²) in [5.74, 6) is 2.36. The molecular weight excluding hydrogens is 450 g/mol. The average molecular weight is 498 g/mol. The second-order valence-corrected chi connectivity index (χ2v) is 9.84. The highest BCUT2D eigenvalue weighted by Gasteiger charge is 2.17. The molecule has 37 heavy (non-hydrogen) atoms. The second-order valence-electron chi connectivity index (χ2n) is 9.84. The zero-order valence-corrected chi connectivity index (χ0v) is 24.0. The predicted molar refractivity (Wildman–Crippen MR) is 163 cm³/mol. The van der Waals surface area contributed by atoms with Crippen LogP contribution < -0.4 is 5.32 Å². The van der Waals surface area contributed by atoms with E-state index < -0.39 is 0 Å². The third-order valence-corrected chi connectivity index (χ3v) is 6.06. The van der Waals surface area contributed by atoms with E-state index in [1.165, 1.54) is 55.1 Å². The molecule has 2 aromatic rings. The van der Waals surface area contributed by atoms with Crippen molar-refractivity contribution in [2.45, 2.75) is 72.3 Å². The van der Waals surface area contributed by atoms with Crippen molar-refractivity contribution < 1.29 is 0 Å². The first kappa shape index (κ1) is 33.7. The van der Waals surface area contributed by atoms with Crippen molar-refractivity contribution in [2.24, 2.45) is 0 Å². The van der Waals surface area contributed by atoms with Gasteiger partial charge >= 0.3 is 0 Å². The lowest BCUT2D eigenvalue weighted by Crippen LogP contribution is -2.41. The molecule has 0 atom stereocenters. The Morgan fingerprint density at radius 3 is 2.22 bits per heavy atom. The fourth-order valence-electron chi connectivity index (χ4n) is 3.98. The number of unbranched alkanes of at least 4 members (excludes halogenated alkanes) is 1. The smallest absolute Gasteiger partial charge is 0.0991 e. The molecule has 0 aromatic heterocycles. The third kappa shape index (κ3) is 14.8. The van der Waals surface area contributed by atoms with Gasteiger partial charge in [0.2, 0.25) is 0 Å². The Hall–Kier alpha value is -3.29. The van der Waals surface area contributed by atoms with Crippen molar-refractivity contribution in [3.63, 3.8) is 0 Å². The van der Waals surface area contributed by atoms with E-state index >= 15 is 0 Å². The number of likely N-dealkylation sites (tertiary alicyclic amines) is 1. The minimum Gasteiger partial charge on any atom is -0.311 e. The predicted octanol–water partition coefficient (Wildman–Crippen LogP) is 7.55. The molecule has 1 saturated heterocycles. The summed E-state index contributed by atoms with van der Waals surface area (Å²) in [6.45, 7) is 14.2. The SMILES string of the molecule is C#C.C#C/C=C(C)\C(C#N)=C/C.CCCCNC(C)(C)Cc1ccc2ccccc2c1.CN1CCCC1. The van der Waals surface area contributed by atoms with Gasteiger partial charge in [-0.2, -0.15) is 5.26 Å². The summed E-state index contributed by atoms with van der Waals surface area (Å²) in [6, 6.07) is 17.4. The minimum absolute atomic E-state index is 0.164. The van der Waals surface area contributed by atoms with Gasteiger partial charge < -0.3 is 10.2 Å². The van der Waals surface area contributed by atoms with Crippen LogP contribution in [0.2, 0.25) is 0 Å². The molecular formula is C34H47N3. The lowest BCUT2D eigenvalue weighted by atomic mass is 9.93. The van der Waals surface area contributed by atoms with Gasteiger partial charge in [-0.15, -0.1) is 19.3 Å². The van der Waals surface area contributed by atoms with Gasteiger partial charge in [-0.05, 0) is 108 Å². The van der Waals surface area contributed by atoms with Gasteiger partial charge in [-0.3, -0.25) is 0 Å². The molecule has 3 rings (SSSR count). The molecule has 0 radical (unpaired) electrons. The summed E-state index contributed by atoms with van der Waals surface area (Å²) in [6.07, 6.45) is 22.7. The van der Waals surface area contributed by atoms with Crippen molar-refractivity contribution in [1.82, 2.24) is 10.2 Å². The van der Waals surface area contributed by atoms with Crippen LogP contribution in [-0.4, -0.2) is 37.1 Å². The lowest BCUT2D eigenvalue weighted by Gasteiger charge is -2.26. The molecule has 1 heterocycles. The van der Waals surface area contributed by atoms with Gasteiger partial charge in [0, 0.05) is 5.54 Å². The Bertz CT molecular complexity index is 1070. The van der Waals surface area contributed by atoms with Gasteiger partial charge in [0.05, 0.1) is 11.6 Å². The summed E-state index contributed by atoms with van der Waals surface area (Å²) in [5, 5.41) is 14.8. The van der Waals surface area contributed by atoms with Crippen LogP contribution >= 0.6 is 0 Å². The first-order valence-electron chi connectivity index (χ1n) is 13.2. The number of benzene rings is 2. The number of terminal acetylenes is 2. The van der Waals surface area contributed by atoms with E-state index in [9.17, 15) is 0 Å². The molecule has 1 aliphatic heterocycles. The van der Waals surface area contributed by atoms with Crippen LogP contribution in [0.1, 0.15) is 65.9 Å². The molecule has 0 aliphatic carbocycles. The molecule has 0 unspecified atom stereocenters. The van der Waals surface area contributed by atoms with E-state index in [4.69, 9.17) is 11.7 Å². The van der Waals surface area contributed by atoms with Crippen LogP contribution in [0.5, 0.6) is 0 Å². The topological polar surface area (TPSA) is 39.1 Å². The van der Waals surface area contributed by atoms with E-state index in [-0.39, 0.29) is 5.54 Å². The van der Waals surface area contributed by atoms with Crippen molar-refractivity contribution in [3.8, 4) is 31.3 Å². The molecule has 0 spiro atoms. The quantitative estimate of drug-likeness (QED) is 0.186. The molecule has 3 heteroatoms. The van der Waals surface area contributed by atoms with Gasteiger partial charge in [-0.1, -0.05) is 67.8 Å². The molecule has 198 valence electrons. The Kier molecular flexibility index (Phi) is 18.1. The molecule has 1 N–H and O–H groups in total. The minimum atomic E-state index is 0.164. The molecule has 1 fully saturated rings. The molecule has 3 nitrogen and oxygen atoms in total. The summed E-state index contributed by atoms with van der Waals surface area (Å²) < 4.78 is 0. The molecule has 0 saturated carbocycles. The van der Waals surface area contributed by atoms with Crippen LogP contribution in [0.25, 0.3) is 10.8 Å². The van der Waals surface area contributed by atoms with Crippen LogP contribution in [0.15, 0.2) is 65.8 Å². The Balaban J connectivity index is 0.000000600. The monoisotopic (exact) mass is 497 g/mol. The number of nitriles is 1. The average Bonchev–Trinajstić information content (AvgIpc) is 3.37. The number of fused-ring (bicyclic) bond motifs is 1. The number of nitrogens with zero attached hydrogens (tertiary/aromatic N) is 2. The van der Waals surface area contributed by atoms with Gasteiger partial charge in [-0.25, -0.2) is 0 Å². The fourth-order valence-corrected chi connectivity index (χ4v) is 3.98. The maximum absolute atomic E-state index is 8.50. The van der Waals surface area contributed by atoms with E-state index in [0.29, 0.717) is 5.57 Å². The van der Waals surface area contributed by atoms with Crippen molar-refractivity contribution in [3.05, 3.63) is 71.3 Å². The van der Waals surface area contributed by atoms with Gasteiger partial charge in [0.15, 0.2) is 0 Å². The van der Waals surface area contributed by atoms with E-state index in [0.717, 1.165) is 18.5 Å². The standard InChI is InChI=1S/C18H25N.C9H9N.C5H11N.C2H2/c1-4-5-12-19-18(2,3)14-15-10-11-16-8-6-7-9-17(16)13-15;1-4-6-8(3)9(5-2)7-10;1-6-4-2-3-5-6;1-2/h6-11,13,19H,4-5,12,14H2,1-3H3;1,5-6H,2-3H3;2-5H2,1H3;1-2H/b;8-6-,9-5-;;. The van der Waals surface area contributed by atoms with E-state index in [1.807, 2.05) is 19.9 Å².